The third-order valence-corrected chi connectivity index (χ3v) is 4.15. The first kappa shape index (κ1) is 15.2. The third-order valence-electron chi connectivity index (χ3n) is 4.15. The summed E-state index contributed by atoms with van der Waals surface area (Å²) in [5.74, 6) is 1.83. The minimum atomic E-state index is -0.00675. The van der Waals surface area contributed by atoms with Crippen molar-refractivity contribution in [1.82, 2.24) is 20.2 Å². The summed E-state index contributed by atoms with van der Waals surface area (Å²) in [6, 6.07) is 2.02. The molecule has 1 aromatic rings. The Morgan fingerprint density at radius 2 is 2.09 bits per heavy atom. The second kappa shape index (κ2) is 6.58. The van der Waals surface area contributed by atoms with Crippen LogP contribution < -0.4 is 10.2 Å². The Balaban J connectivity index is 1.74. The lowest BCUT2D eigenvalue weighted by Crippen LogP contribution is -2.48. The Labute approximate surface area is 130 Å². The van der Waals surface area contributed by atoms with Gasteiger partial charge >= 0.3 is 0 Å². The smallest absolute Gasteiger partial charge is 0.219 e. The zero-order valence-corrected chi connectivity index (χ0v) is 13.2. The number of nitrogens with one attached hydrogen (secondary N) is 1. The van der Waals surface area contributed by atoms with Crippen LogP contribution in [0.15, 0.2) is 6.07 Å². The fourth-order valence-corrected chi connectivity index (χ4v) is 2.91. The van der Waals surface area contributed by atoms with Crippen LogP contribution in [0.5, 0.6) is 0 Å². The molecule has 0 aliphatic carbocycles. The molecule has 1 unspecified atom stereocenters. The molecule has 2 aliphatic heterocycles. The number of piperazine rings is 1. The van der Waals surface area contributed by atoms with Crippen molar-refractivity contribution in [2.75, 3.05) is 50.8 Å². The van der Waals surface area contributed by atoms with Gasteiger partial charge in [-0.1, -0.05) is 0 Å². The van der Waals surface area contributed by atoms with E-state index in [0.29, 0.717) is 6.61 Å². The molecular formula is C15H23N5O2. The molecule has 22 heavy (non-hydrogen) atoms. The minimum absolute atomic E-state index is 0.00675. The number of ether oxygens (including phenoxy) is 1. The van der Waals surface area contributed by atoms with E-state index in [1.165, 1.54) is 0 Å². The lowest BCUT2D eigenvalue weighted by atomic mass is 10.2. The van der Waals surface area contributed by atoms with Crippen LogP contribution in [0, 0.1) is 6.92 Å². The van der Waals surface area contributed by atoms with Crippen LogP contribution in [0.4, 0.5) is 5.82 Å². The first-order chi connectivity index (χ1) is 10.6. The van der Waals surface area contributed by atoms with Crippen LogP contribution in [-0.4, -0.2) is 66.7 Å². The van der Waals surface area contributed by atoms with E-state index in [4.69, 9.17) is 4.74 Å². The average Bonchev–Trinajstić information content (AvgIpc) is 2.55. The van der Waals surface area contributed by atoms with Crippen LogP contribution in [0.1, 0.15) is 24.5 Å². The van der Waals surface area contributed by atoms with Crippen LogP contribution >= 0.6 is 0 Å². The van der Waals surface area contributed by atoms with E-state index in [9.17, 15) is 4.79 Å². The number of carbonyl (C=O) groups is 1. The zero-order valence-electron chi connectivity index (χ0n) is 13.2. The summed E-state index contributed by atoms with van der Waals surface area (Å²) < 4.78 is 5.79. The van der Waals surface area contributed by atoms with Gasteiger partial charge in [0.15, 0.2) is 0 Å². The lowest BCUT2D eigenvalue weighted by Gasteiger charge is -2.35. The van der Waals surface area contributed by atoms with Crippen molar-refractivity contribution in [3.8, 4) is 0 Å². The third kappa shape index (κ3) is 3.36. The van der Waals surface area contributed by atoms with E-state index in [2.05, 4.69) is 20.2 Å². The highest BCUT2D eigenvalue weighted by Crippen LogP contribution is 2.22. The van der Waals surface area contributed by atoms with E-state index < -0.39 is 0 Å². The predicted octanol–water partition coefficient (Wildman–Crippen LogP) is 0.114. The van der Waals surface area contributed by atoms with Gasteiger partial charge in [0.25, 0.3) is 0 Å². The molecule has 1 atom stereocenters. The van der Waals surface area contributed by atoms with Crippen molar-refractivity contribution in [1.29, 1.82) is 0 Å². The molecule has 2 fully saturated rings. The molecule has 0 aromatic carbocycles. The summed E-state index contributed by atoms with van der Waals surface area (Å²) in [5.41, 5.74) is 0.934. The van der Waals surface area contributed by atoms with Gasteiger partial charge in [-0.2, -0.15) is 0 Å². The zero-order chi connectivity index (χ0) is 15.5. The number of hydrogen-bond donors (Lipinski definition) is 1. The van der Waals surface area contributed by atoms with Crippen molar-refractivity contribution in [2.24, 2.45) is 0 Å². The maximum absolute atomic E-state index is 11.4. The van der Waals surface area contributed by atoms with Crippen LogP contribution in [0.25, 0.3) is 0 Å². The Morgan fingerprint density at radius 1 is 1.32 bits per heavy atom. The van der Waals surface area contributed by atoms with Crippen LogP contribution in [0.2, 0.25) is 0 Å². The van der Waals surface area contributed by atoms with Gasteiger partial charge in [0.2, 0.25) is 5.91 Å². The number of nitrogens with zero attached hydrogens (tertiary/aromatic N) is 4. The summed E-state index contributed by atoms with van der Waals surface area (Å²) in [6.45, 7) is 9.02. The summed E-state index contributed by atoms with van der Waals surface area (Å²) in [6.07, 6.45) is -0.00675. The number of anilines is 1. The maximum Gasteiger partial charge on any atom is 0.219 e. The Morgan fingerprint density at radius 3 is 2.73 bits per heavy atom. The van der Waals surface area contributed by atoms with Crippen molar-refractivity contribution in [3.05, 3.63) is 17.6 Å². The molecule has 7 nitrogen and oxygen atoms in total. The van der Waals surface area contributed by atoms with E-state index in [0.717, 1.165) is 56.6 Å². The molecule has 2 aliphatic rings. The standard InChI is InChI=1S/C15H23N5O2/c1-11-17-13(14-10-16-3-8-22-14)9-15(18-11)20-6-4-19(5-7-20)12(2)21/h9,14,16H,3-8,10H2,1-2H3. The fourth-order valence-electron chi connectivity index (χ4n) is 2.91. The molecule has 3 heterocycles. The number of aromatic nitrogens is 2. The van der Waals surface area contributed by atoms with Crippen molar-refractivity contribution < 1.29 is 9.53 Å². The Kier molecular flexibility index (Phi) is 4.54. The van der Waals surface area contributed by atoms with Crippen molar-refractivity contribution in [2.45, 2.75) is 20.0 Å². The summed E-state index contributed by atoms with van der Waals surface area (Å²) in [5, 5.41) is 3.33. The van der Waals surface area contributed by atoms with Gasteiger partial charge in [-0.25, -0.2) is 9.97 Å². The quantitative estimate of drug-likeness (QED) is 0.836. The normalized spacial score (nSPS) is 22.7. The van der Waals surface area contributed by atoms with Gasteiger partial charge in [-0.15, -0.1) is 0 Å². The summed E-state index contributed by atoms with van der Waals surface area (Å²) in [7, 11) is 0. The molecule has 3 rings (SSSR count). The molecule has 1 amide bonds. The molecule has 2 saturated heterocycles. The van der Waals surface area contributed by atoms with Gasteiger partial charge in [0.1, 0.15) is 17.7 Å². The molecule has 0 bridgehead atoms. The minimum Gasteiger partial charge on any atom is -0.369 e. The fraction of sp³-hybridized carbons (Fsp3) is 0.667. The predicted molar refractivity (Wildman–Crippen MR) is 82.8 cm³/mol. The van der Waals surface area contributed by atoms with E-state index in [1.54, 1.807) is 6.92 Å². The van der Waals surface area contributed by atoms with Gasteiger partial charge in [-0.3, -0.25) is 4.79 Å². The summed E-state index contributed by atoms with van der Waals surface area (Å²) in [4.78, 5) is 24.6. The average molecular weight is 305 g/mol. The van der Waals surface area contributed by atoms with E-state index in [-0.39, 0.29) is 12.0 Å². The molecule has 1 N–H and O–H groups in total. The lowest BCUT2D eigenvalue weighted by molar-refractivity contribution is -0.129. The molecule has 1 aromatic heterocycles. The SMILES string of the molecule is CC(=O)N1CCN(c2cc(C3CNCCO3)nc(C)n2)CC1. The Hall–Kier alpha value is -1.73. The highest BCUT2D eigenvalue weighted by Gasteiger charge is 2.23. The molecule has 0 spiro atoms. The highest BCUT2D eigenvalue weighted by molar-refractivity contribution is 5.73. The molecule has 0 saturated carbocycles. The largest absolute Gasteiger partial charge is 0.369 e. The number of morpholine rings is 1. The van der Waals surface area contributed by atoms with Gasteiger partial charge in [0, 0.05) is 52.3 Å². The number of amides is 1. The number of aryl methyl sites for hydroxylation is 1. The number of rotatable bonds is 2. The monoisotopic (exact) mass is 305 g/mol. The van der Waals surface area contributed by atoms with Gasteiger partial charge in [-0.05, 0) is 6.92 Å². The number of hydrogen-bond acceptors (Lipinski definition) is 6. The second-order valence-electron chi connectivity index (χ2n) is 5.75. The van der Waals surface area contributed by atoms with Crippen LogP contribution in [-0.2, 0) is 9.53 Å². The van der Waals surface area contributed by atoms with Crippen molar-refractivity contribution in [3.63, 3.8) is 0 Å². The van der Waals surface area contributed by atoms with Crippen LogP contribution in [0.3, 0.4) is 0 Å². The van der Waals surface area contributed by atoms with Crippen molar-refractivity contribution >= 4 is 11.7 Å². The van der Waals surface area contributed by atoms with E-state index in [1.807, 2.05) is 17.9 Å². The second-order valence-corrected chi connectivity index (χ2v) is 5.75. The molecule has 120 valence electrons. The first-order valence-corrected chi connectivity index (χ1v) is 7.82. The Bertz CT molecular complexity index is 537. The molecular weight excluding hydrogens is 282 g/mol. The first-order valence-electron chi connectivity index (χ1n) is 7.82. The van der Waals surface area contributed by atoms with Gasteiger partial charge in [0.05, 0.1) is 12.3 Å². The highest BCUT2D eigenvalue weighted by atomic mass is 16.5. The van der Waals surface area contributed by atoms with E-state index >= 15 is 0 Å². The summed E-state index contributed by atoms with van der Waals surface area (Å²) >= 11 is 0. The molecule has 7 heteroatoms. The molecule has 0 radical (unpaired) electrons. The number of carbonyl (C=O) groups excluding carboxylic acids is 1. The topological polar surface area (TPSA) is 70.6 Å². The maximum atomic E-state index is 11.4. The van der Waals surface area contributed by atoms with Gasteiger partial charge < -0.3 is 19.9 Å².